The lowest BCUT2D eigenvalue weighted by molar-refractivity contribution is 0.173. The number of ether oxygens (including phenoxy) is 1. The van der Waals surface area contributed by atoms with Gasteiger partial charge in [-0.25, -0.2) is 0 Å². The Morgan fingerprint density at radius 2 is 1.94 bits per heavy atom. The zero-order valence-corrected chi connectivity index (χ0v) is 10.6. The van der Waals surface area contributed by atoms with Crippen LogP contribution >= 0.6 is 0 Å². The Bertz CT molecular complexity index is 390. The van der Waals surface area contributed by atoms with Crippen molar-refractivity contribution in [1.29, 1.82) is 0 Å². The molecular formula is C14H21NO2. The predicted molar refractivity (Wildman–Crippen MR) is 68.5 cm³/mol. The van der Waals surface area contributed by atoms with Crippen LogP contribution < -0.4 is 10.1 Å². The van der Waals surface area contributed by atoms with Crippen molar-refractivity contribution in [1.82, 2.24) is 5.32 Å². The first kappa shape index (κ1) is 12.4. The summed E-state index contributed by atoms with van der Waals surface area (Å²) < 4.78 is 5.39. The van der Waals surface area contributed by atoms with Gasteiger partial charge in [0.15, 0.2) is 0 Å². The Hall–Kier alpha value is -1.06. The molecule has 2 N–H and O–H groups in total. The minimum Gasteiger partial charge on any atom is -0.496 e. The SMILES string of the molecule is CNCC(O)c1cc2c(cc1OC)CCCC2. The van der Waals surface area contributed by atoms with Crippen LogP contribution in [0.3, 0.4) is 0 Å². The summed E-state index contributed by atoms with van der Waals surface area (Å²) in [6.07, 6.45) is 4.27. The van der Waals surface area contributed by atoms with Crippen LogP contribution in [0.5, 0.6) is 5.75 Å². The first-order chi connectivity index (χ1) is 8.26. The topological polar surface area (TPSA) is 41.5 Å². The second kappa shape index (κ2) is 5.52. The molecule has 0 heterocycles. The van der Waals surface area contributed by atoms with Crippen molar-refractivity contribution in [2.75, 3.05) is 20.7 Å². The van der Waals surface area contributed by atoms with Gasteiger partial charge in [-0.05, 0) is 56.0 Å². The molecule has 0 amide bonds. The second-order valence-corrected chi connectivity index (χ2v) is 4.64. The fourth-order valence-electron chi connectivity index (χ4n) is 2.52. The minimum atomic E-state index is -0.498. The Balaban J connectivity index is 2.36. The fourth-order valence-corrected chi connectivity index (χ4v) is 2.52. The normalized spacial score (nSPS) is 16.4. The van der Waals surface area contributed by atoms with Crippen molar-refractivity contribution in [3.05, 3.63) is 28.8 Å². The van der Waals surface area contributed by atoms with Gasteiger partial charge in [0, 0.05) is 12.1 Å². The molecule has 1 unspecified atom stereocenters. The molecule has 3 nitrogen and oxygen atoms in total. The van der Waals surface area contributed by atoms with Gasteiger partial charge in [-0.3, -0.25) is 0 Å². The van der Waals surface area contributed by atoms with Gasteiger partial charge in [0.2, 0.25) is 0 Å². The van der Waals surface area contributed by atoms with Crippen molar-refractivity contribution in [3.63, 3.8) is 0 Å². The molecule has 0 saturated carbocycles. The molecule has 0 aliphatic heterocycles. The van der Waals surface area contributed by atoms with E-state index in [4.69, 9.17) is 4.74 Å². The van der Waals surface area contributed by atoms with E-state index in [9.17, 15) is 5.11 Å². The highest BCUT2D eigenvalue weighted by Crippen LogP contribution is 2.32. The molecule has 0 radical (unpaired) electrons. The van der Waals surface area contributed by atoms with Gasteiger partial charge >= 0.3 is 0 Å². The van der Waals surface area contributed by atoms with E-state index in [-0.39, 0.29) is 0 Å². The maximum atomic E-state index is 10.1. The van der Waals surface area contributed by atoms with Crippen LogP contribution in [0.2, 0.25) is 0 Å². The first-order valence-corrected chi connectivity index (χ1v) is 6.28. The van der Waals surface area contributed by atoms with E-state index >= 15 is 0 Å². The lowest BCUT2D eigenvalue weighted by Crippen LogP contribution is -2.18. The Morgan fingerprint density at radius 1 is 1.29 bits per heavy atom. The molecule has 1 aliphatic rings. The highest BCUT2D eigenvalue weighted by atomic mass is 16.5. The van der Waals surface area contributed by atoms with Gasteiger partial charge in [-0.15, -0.1) is 0 Å². The van der Waals surface area contributed by atoms with Crippen molar-refractivity contribution in [2.45, 2.75) is 31.8 Å². The zero-order chi connectivity index (χ0) is 12.3. The number of likely N-dealkylation sites (N-methyl/N-ethyl adjacent to an activating group) is 1. The highest BCUT2D eigenvalue weighted by molar-refractivity contribution is 5.45. The van der Waals surface area contributed by atoms with Gasteiger partial charge in [-0.1, -0.05) is 0 Å². The van der Waals surface area contributed by atoms with Crippen molar-refractivity contribution >= 4 is 0 Å². The summed E-state index contributed by atoms with van der Waals surface area (Å²) in [6.45, 7) is 0.551. The van der Waals surface area contributed by atoms with E-state index < -0.39 is 6.10 Å². The van der Waals surface area contributed by atoms with E-state index in [2.05, 4.69) is 17.4 Å². The van der Waals surface area contributed by atoms with Gasteiger partial charge < -0.3 is 15.2 Å². The van der Waals surface area contributed by atoms with Crippen LogP contribution in [0.4, 0.5) is 0 Å². The number of aryl methyl sites for hydroxylation is 2. The number of hydrogen-bond donors (Lipinski definition) is 2. The number of aliphatic hydroxyl groups excluding tert-OH is 1. The van der Waals surface area contributed by atoms with Crippen molar-refractivity contribution < 1.29 is 9.84 Å². The molecule has 1 atom stereocenters. The van der Waals surface area contributed by atoms with Gasteiger partial charge in [-0.2, -0.15) is 0 Å². The third-order valence-electron chi connectivity index (χ3n) is 3.45. The number of hydrogen-bond acceptors (Lipinski definition) is 3. The molecule has 0 aromatic heterocycles. The average Bonchev–Trinajstić information content (AvgIpc) is 2.37. The van der Waals surface area contributed by atoms with E-state index in [1.165, 1.54) is 24.0 Å². The van der Waals surface area contributed by atoms with E-state index in [1.54, 1.807) is 7.11 Å². The van der Waals surface area contributed by atoms with E-state index in [0.29, 0.717) is 6.54 Å². The molecule has 3 heteroatoms. The van der Waals surface area contributed by atoms with E-state index in [1.807, 2.05) is 7.05 Å². The zero-order valence-electron chi connectivity index (χ0n) is 10.6. The largest absolute Gasteiger partial charge is 0.496 e. The maximum Gasteiger partial charge on any atom is 0.125 e. The molecule has 0 spiro atoms. The van der Waals surface area contributed by atoms with Crippen LogP contribution in [0.15, 0.2) is 12.1 Å². The third-order valence-corrected chi connectivity index (χ3v) is 3.45. The van der Waals surface area contributed by atoms with Crippen LogP contribution in [0.25, 0.3) is 0 Å². The number of nitrogens with one attached hydrogen (secondary N) is 1. The minimum absolute atomic E-state index is 0.498. The van der Waals surface area contributed by atoms with Crippen LogP contribution in [-0.4, -0.2) is 25.8 Å². The molecule has 1 aromatic carbocycles. The van der Waals surface area contributed by atoms with E-state index in [0.717, 1.165) is 24.2 Å². The lowest BCUT2D eigenvalue weighted by Gasteiger charge is -2.21. The number of methoxy groups -OCH3 is 1. The predicted octanol–water partition coefficient (Wildman–Crippen LogP) is 1.83. The average molecular weight is 235 g/mol. The fraction of sp³-hybridized carbons (Fsp3) is 0.571. The summed E-state index contributed by atoms with van der Waals surface area (Å²) in [5.41, 5.74) is 3.67. The van der Waals surface area contributed by atoms with Gasteiger partial charge in [0.1, 0.15) is 5.75 Å². The van der Waals surface area contributed by atoms with Crippen molar-refractivity contribution in [3.8, 4) is 5.75 Å². The smallest absolute Gasteiger partial charge is 0.125 e. The van der Waals surface area contributed by atoms with Crippen molar-refractivity contribution in [2.24, 2.45) is 0 Å². The molecule has 2 rings (SSSR count). The standard InChI is InChI=1S/C14H21NO2/c1-15-9-13(16)12-7-10-5-3-4-6-11(10)8-14(12)17-2/h7-8,13,15-16H,3-6,9H2,1-2H3. The summed E-state index contributed by atoms with van der Waals surface area (Å²) >= 11 is 0. The number of fused-ring (bicyclic) bond motifs is 1. The second-order valence-electron chi connectivity index (χ2n) is 4.64. The first-order valence-electron chi connectivity index (χ1n) is 6.28. The molecule has 0 saturated heterocycles. The molecule has 1 aliphatic carbocycles. The van der Waals surface area contributed by atoms with Crippen LogP contribution in [0, 0.1) is 0 Å². The molecule has 1 aromatic rings. The lowest BCUT2D eigenvalue weighted by atomic mass is 9.89. The van der Waals surface area contributed by atoms with Crippen LogP contribution in [-0.2, 0) is 12.8 Å². The number of benzene rings is 1. The third kappa shape index (κ3) is 2.61. The molecule has 17 heavy (non-hydrogen) atoms. The Morgan fingerprint density at radius 3 is 2.53 bits per heavy atom. The highest BCUT2D eigenvalue weighted by Gasteiger charge is 2.18. The Kier molecular flexibility index (Phi) is 4.02. The van der Waals surface area contributed by atoms with Gasteiger partial charge in [0.05, 0.1) is 13.2 Å². The van der Waals surface area contributed by atoms with Gasteiger partial charge in [0.25, 0.3) is 0 Å². The summed E-state index contributed by atoms with van der Waals surface area (Å²) in [5.74, 6) is 0.813. The molecule has 0 bridgehead atoms. The molecule has 94 valence electrons. The molecule has 0 fully saturated rings. The summed E-state index contributed by atoms with van der Waals surface area (Å²) in [6, 6.07) is 4.22. The maximum absolute atomic E-state index is 10.1. The Labute approximate surface area is 103 Å². The summed E-state index contributed by atoms with van der Waals surface area (Å²) in [4.78, 5) is 0. The number of aliphatic hydroxyl groups is 1. The summed E-state index contributed by atoms with van der Waals surface area (Å²) in [5, 5.41) is 13.1. The van der Waals surface area contributed by atoms with Crippen LogP contribution in [0.1, 0.15) is 35.6 Å². The molecular weight excluding hydrogens is 214 g/mol. The monoisotopic (exact) mass is 235 g/mol. The quantitative estimate of drug-likeness (QED) is 0.836. The number of rotatable bonds is 4. The summed E-state index contributed by atoms with van der Waals surface area (Å²) in [7, 11) is 3.51.